The summed E-state index contributed by atoms with van der Waals surface area (Å²) in [5.74, 6) is -1.98. The molecule has 4 fully saturated rings. The third-order valence-electron chi connectivity index (χ3n) is 9.55. The number of hydrogen-bond donors (Lipinski definition) is 0. The van der Waals surface area contributed by atoms with E-state index >= 15 is 4.39 Å². The summed E-state index contributed by atoms with van der Waals surface area (Å²) < 4.78 is 57.7. The quantitative estimate of drug-likeness (QED) is 0.201. The van der Waals surface area contributed by atoms with Crippen molar-refractivity contribution >= 4 is 50.4 Å². The van der Waals surface area contributed by atoms with Crippen molar-refractivity contribution in [1.29, 1.82) is 0 Å². The van der Waals surface area contributed by atoms with Crippen LogP contribution in [0.5, 0.6) is 0 Å². The largest absolute Gasteiger partial charge is 0.381 e. The number of amides is 1. The van der Waals surface area contributed by atoms with Gasteiger partial charge in [0.25, 0.3) is 0 Å². The Hall–Kier alpha value is -2.83. The van der Waals surface area contributed by atoms with E-state index in [1.807, 2.05) is 0 Å². The summed E-state index contributed by atoms with van der Waals surface area (Å²) in [5, 5.41) is 5.21. The fraction of sp³-hybridized carbons (Fsp3) is 0.485. The van der Waals surface area contributed by atoms with Crippen LogP contribution in [0.25, 0.3) is 11.3 Å². The van der Waals surface area contributed by atoms with E-state index in [0.717, 1.165) is 36.7 Å². The van der Waals surface area contributed by atoms with E-state index in [1.165, 1.54) is 12.1 Å². The van der Waals surface area contributed by atoms with Gasteiger partial charge in [0.2, 0.25) is 5.91 Å². The van der Waals surface area contributed by atoms with E-state index in [-0.39, 0.29) is 47.8 Å². The van der Waals surface area contributed by atoms with Crippen LogP contribution in [0.15, 0.2) is 40.9 Å². The van der Waals surface area contributed by atoms with Crippen LogP contribution < -0.4 is 4.90 Å². The van der Waals surface area contributed by atoms with Crippen LogP contribution in [0, 0.1) is 17.7 Å². The fourth-order valence-electron chi connectivity index (χ4n) is 6.95. The average Bonchev–Trinajstić information content (AvgIpc) is 3.33. The predicted octanol–water partition coefficient (Wildman–Crippen LogP) is 6.40. The molecule has 244 valence electrons. The maximum absolute atomic E-state index is 15.2. The number of aromatic nitrogens is 1. The van der Waals surface area contributed by atoms with E-state index in [2.05, 4.69) is 5.16 Å². The predicted molar refractivity (Wildman–Crippen MR) is 169 cm³/mol. The molecule has 0 N–H and O–H groups in total. The van der Waals surface area contributed by atoms with Crippen LogP contribution in [-0.2, 0) is 30.7 Å². The van der Waals surface area contributed by atoms with Crippen molar-refractivity contribution in [2.45, 2.75) is 63.2 Å². The summed E-state index contributed by atoms with van der Waals surface area (Å²) >= 11 is 13.0. The van der Waals surface area contributed by atoms with Crippen LogP contribution >= 0.6 is 23.2 Å². The van der Waals surface area contributed by atoms with Crippen LogP contribution in [-0.4, -0.2) is 62.1 Å². The van der Waals surface area contributed by atoms with Gasteiger partial charge in [0.1, 0.15) is 23.0 Å². The topological polar surface area (TPSA) is 116 Å². The molecule has 3 aromatic rings. The molecule has 4 aliphatic rings. The van der Waals surface area contributed by atoms with Crippen molar-refractivity contribution in [2.24, 2.45) is 11.8 Å². The normalized spacial score (nSPS) is 24.3. The van der Waals surface area contributed by atoms with E-state index in [9.17, 15) is 18.0 Å². The number of benzene rings is 2. The third kappa shape index (κ3) is 6.24. The van der Waals surface area contributed by atoms with E-state index in [0.29, 0.717) is 59.5 Å². The summed E-state index contributed by atoms with van der Waals surface area (Å²) in [5.41, 5.74) is 1.93. The Kier molecular flexibility index (Phi) is 8.73. The molecule has 1 unspecified atom stereocenters. The van der Waals surface area contributed by atoms with Crippen LogP contribution in [0.4, 0.5) is 10.1 Å². The van der Waals surface area contributed by atoms with Crippen molar-refractivity contribution < 1.29 is 36.4 Å². The van der Waals surface area contributed by atoms with Gasteiger partial charge in [0.15, 0.2) is 15.6 Å². The number of nitrogens with zero attached hydrogens (tertiary/aromatic N) is 2. The van der Waals surface area contributed by atoms with Gasteiger partial charge in [-0.2, -0.15) is 0 Å². The number of carbonyl (C=O) groups excluding carboxylic acids is 2. The molecule has 2 saturated carbocycles. The summed E-state index contributed by atoms with van der Waals surface area (Å²) in [6, 6.07) is 8.95. The minimum atomic E-state index is -3.70. The van der Waals surface area contributed by atoms with Gasteiger partial charge >= 0.3 is 0 Å². The zero-order chi connectivity index (χ0) is 32.2. The smallest absolute Gasteiger partial charge is 0.233 e. The van der Waals surface area contributed by atoms with Gasteiger partial charge in [-0.05, 0) is 74.8 Å². The highest BCUT2D eigenvalue weighted by Gasteiger charge is 2.52. The van der Waals surface area contributed by atoms with Gasteiger partial charge in [-0.1, -0.05) is 34.4 Å². The lowest BCUT2D eigenvalue weighted by atomic mass is 10.0. The molecule has 3 heterocycles. The van der Waals surface area contributed by atoms with Gasteiger partial charge in [-0.3, -0.25) is 9.59 Å². The number of rotatable bonds is 12. The van der Waals surface area contributed by atoms with Gasteiger partial charge in [0.05, 0.1) is 40.0 Å². The molecule has 2 aromatic carbocycles. The summed E-state index contributed by atoms with van der Waals surface area (Å²) in [6.07, 6.45) is 3.95. The Morgan fingerprint density at radius 3 is 2.57 bits per heavy atom. The van der Waals surface area contributed by atoms with Crippen molar-refractivity contribution in [3.05, 3.63) is 69.1 Å². The van der Waals surface area contributed by atoms with Crippen molar-refractivity contribution in [3.63, 3.8) is 0 Å². The number of fused-ring (bicyclic) bond motifs is 2. The second kappa shape index (κ2) is 12.6. The molecule has 1 aromatic heterocycles. The monoisotopic (exact) mass is 690 g/mol. The lowest BCUT2D eigenvalue weighted by molar-refractivity contribution is -0.126. The second-order valence-electron chi connectivity index (χ2n) is 12.7. The molecular formula is C33H33Cl2FN2O7S. The zero-order valence-electron chi connectivity index (χ0n) is 24.9. The number of piperidine rings is 1. The maximum atomic E-state index is 15.2. The standard InChI is InChI=1S/C33H33Cl2FN2O7S/c34-25-2-1-3-26(35)30(25)31-24(32(45-37-31)19-4-5-19)16-44-29-14-21-12-23(29)33(40)38(21)20-6-7-22(27(36)13-20)28(39)17-46(41,42)11-9-18-8-10-43-15-18/h1-3,6-7,13,18-19,21,23,29H,4-5,8-12,14-17H2/t18?,21-,23+,29+/m0/s1. The highest BCUT2D eigenvalue weighted by Crippen LogP contribution is 2.48. The highest BCUT2D eigenvalue weighted by molar-refractivity contribution is 7.92. The number of sulfone groups is 1. The zero-order valence-corrected chi connectivity index (χ0v) is 27.3. The molecule has 2 bridgehead atoms. The van der Waals surface area contributed by atoms with Gasteiger partial charge in [-0.15, -0.1) is 0 Å². The van der Waals surface area contributed by atoms with Crippen molar-refractivity contribution in [1.82, 2.24) is 5.16 Å². The molecule has 0 spiro atoms. The molecule has 1 amide bonds. The Labute approximate surface area is 276 Å². The maximum Gasteiger partial charge on any atom is 0.233 e. The first-order chi connectivity index (χ1) is 22.1. The molecule has 2 saturated heterocycles. The summed E-state index contributed by atoms with van der Waals surface area (Å²) in [7, 11) is -3.70. The average molecular weight is 692 g/mol. The second-order valence-corrected chi connectivity index (χ2v) is 15.7. The molecule has 46 heavy (non-hydrogen) atoms. The van der Waals surface area contributed by atoms with E-state index in [4.69, 9.17) is 37.2 Å². The Bertz CT molecular complexity index is 1770. The molecule has 9 nitrogen and oxygen atoms in total. The fourth-order valence-corrected chi connectivity index (χ4v) is 8.92. The first-order valence-corrected chi connectivity index (χ1v) is 18.2. The first kappa shape index (κ1) is 31.8. The van der Waals surface area contributed by atoms with E-state index in [1.54, 1.807) is 23.1 Å². The highest BCUT2D eigenvalue weighted by atomic mass is 35.5. The number of halogens is 3. The summed E-state index contributed by atoms with van der Waals surface area (Å²) in [4.78, 5) is 27.8. The minimum Gasteiger partial charge on any atom is -0.381 e. The van der Waals surface area contributed by atoms with Crippen LogP contribution in [0.2, 0.25) is 10.0 Å². The molecular weight excluding hydrogens is 658 g/mol. The van der Waals surface area contributed by atoms with E-state index < -0.39 is 33.1 Å². The number of anilines is 1. The molecule has 0 radical (unpaired) electrons. The van der Waals surface area contributed by atoms with Crippen molar-refractivity contribution in [2.75, 3.05) is 29.6 Å². The van der Waals surface area contributed by atoms with Gasteiger partial charge in [-0.25, -0.2) is 12.8 Å². The number of ketones is 1. The van der Waals surface area contributed by atoms with Gasteiger partial charge < -0.3 is 18.9 Å². The van der Waals surface area contributed by atoms with Crippen molar-refractivity contribution in [3.8, 4) is 11.3 Å². The van der Waals surface area contributed by atoms with Crippen LogP contribution in [0.1, 0.15) is 66.1 Å². The lowest BCUT2D eigenvalue weighted by Crippen LogP contribution is -2.43. The molecule has 4 atom stereocenters. The number of carbonyl (C=O) groups is 2. The minimum absolute atomic E-state index is 0.144. The lowest BCUT2D eigenvalue weighted by Gasteiger charge is -2.31. The Morgan fingerprint density at radius 1 is 1.11 bits per heavy atom. The SMILES string of the molecule is O=C(CS(=O)(=O)CCC1CCOC1)c1ccc(N2C(=O)[C@@H]3C[C@H]2C[C@H]3OCc2c(-c3c(Cl)cccc3Cl)noc2C2CC2)cc1F. The number of ether oxygens (including phenoxy) is 2. The molecule has 7 rings (SSSR count). The first-order valence-electron chi connectivity index (χ1n) is 15.6. The Morgan fingerprint density at radius 2 is 1.89 bits per heavy atom. The van der Waals surface area contributed by atoms with Crippen LogP contribution in [0.3, 0.4) is 0 Å². The molecule has 13 heteroatoms. The summed E-state index contributed by atoms with van der Waals surface area (Å²) in [6.45, 7) is 1.31. The molecule has 2 aliphatic heterocycles. The number of hydrogen-bond acceptors (Lipinski definition) is 8. The Balaban J connectivity index is 1.01. The number of Topliss-reactive ketones (excluding diaryl/α,β-unsaturated/α-hetero) is 1. The molecule has 2 aliphatic carbocycles. The third-order valence-corrected chi connectivity index (χ3v) is 11.7. The van der Waals surface area contributed by atoms with Gasteiger partial charge in [0, 0.05) is 42.0 Å².